The van der Waals surface area contributed by atoms with Crippen LogP contribution in [0, 0.1) is 24.5 Å². The van der Waals surface area contributed by atoms with Crippen LogP contribution in [0.1, 0.15) is 36.8 Å². The highest BCUT2D eigenvalue weighted by Gasteiger charge is 2.50. The van der Waals surface area contributed by atoms with Gasteiger partial charge in [0.15, 0.2) is 11.6 Å². The van der Waals surface area contributed by atoms with Crippen molar-refractivity contribution in [1.82, 2.24) is 5.32 Å². The minimum absolute atomic E-state index is 0.148. The normalized spacial score (nSPS) is 20.9. The van der Waals surface area contributed by atoms with E-state index in [2.05, 4.69) is 5.32 Å². The van der Waals surface area contributed by atoms with Crippen molar-refractivity contribution >= 4 is 11.9 Å². The fourth-order valence-electron chi connectivity index (χ4n) is 4.21. The summed E-state index contributed by atoms with van der Waals surface area (Å²) in [7, 11) is 1.13. The minimum atomic E-state index is -4.36. The molecule has 0 saturated heterocycles. The first-order chi connectivity index (χ1) is 15.4. The van der Waals surface area contributed by atoms with E-state index in [1.54, 1.807) is 25.1 Å². The fourth-order valence-corrected chi connectivity index (χ4v) is 4.21. The van der Waals surface area contributed by atoms with Crippen LogP contribution in [0.25, 0.3) is 11.1 Å². The lowest BCUT2D eigenvalue weighted by Crippen LogP contribution is -2.58. The smallest absolute Gasteiger partial charge is 0.391 e. The number of benzene rings is 2. The average Bonchev–Trinajstić information content (AvgIpc) is 2.76. The molecule has 3 rings (SSSR count). The molecule has 0 radical (unpaired) electrons. The third kappa shape index (κ3) is 5.51. The van der Waals surface area contributed by atoms with Crippen LogP contribution >= 0.6 is 0 Å². The monoisotopic (exact) mass is 469 g/mol. The first-order valence-corrected chi connectivity index (χ1v) is 10.5. The van der Waals surface area contributed by atoms with Crippen molar-refractivity contribution in [2.24, 2.45) is 5.92 Å². The highest BCUT2D eigenvalue weighted by molar-refractivity contribution is 5.89. The maximum atomic E-state index is 13.6. The number of amides is 1. The van der Waals surface area contributed by atoms with Crippen molar-refractivity contribution in [1.29, 1.82) is 0 Å². The molecule has 2 aromatic carbocycles. The Hall–Kier alpha value is -2.97. The molecule has 0 aliphatic heterocycles. The van der Waals surface area contributed by atoms with Gasteiger partial charge >= 0.3 is 12.1 Å². The van der Waals surface area contributed by atoms with Crippen LogP contribution in [0.5, 0.6) is 0 Å². The molecule has 1 N–H and O–H groups in total. The zero-order valence-electron chi connectivity index (χ0n) is 18.2. The number of methoxy groups -OCH3 is 1. The number of alkyl halides is 3. The Labute approximate surface area is 188 Å². The first-order valence-electron chi connectivity index (χ1n) is 10.5. The maximum Gasteiger partial charge on any atom is 0.391 e. The summed E-state index contributed by atoms with van der Waals surface area (Å²) in [6.07, 6.45) is -5.44. The molecule has 4 nitrogen and oxygen atoms in total. The lowest BCUT2D eigenvalue weighted by atomic mass is 9.76. The van der Waals surface area contributed by atoms with Gasteiger partial charge in [0.1, 0.15) is 5.54 Å². The van der Waals surface area contributed by atoms with Crippen LogP contribution in [0.2, 0.25) is 0 Å². The summed E-state index contributed by atoms with van der Waals surface area (Å²) in [6, 6.07) is 8.57. The van der Waals surface area contributed by atoms with Gasteiger partial charge in [0.05, 0.1) is 19.4 Å². The molecule has 0 atom stereocenters. The van der Waals surface area contributed by atoms with Crippen LogP contribution in [-0.2, 0) is 20.7 Å². The number of aryl methyl sites for hydroxylation is 1. The molecule has 1 saturated carbocycles. The third-order valence-corrected chi connectivity index (χ3v) is 6.21. The predicted octanol–water partition coefficient (Wildman–Crippen LogP) is 5.26. The van der Waals surface area contributed by atoms with E-state index in [0.29, 0.717) is 16.7 Å². The third-order valence-electron chi connectivity index (χ3n) is 6.21. The number of esters is 1. The summed E-state index contributed by atoms with van der Waals surface area (Å²) in [5.41, 5.74) is 0.810. The van der Waals surface area contributed by atoms with Crippen LogP contribution in [0.15, 0.2) is 36.4 Å². The van der Waals surface area contributed by atoms with Gasteiger partial charge in [0.25, 0.3) is 0 Å². The summed E-state index contributed by atoms with van der Waals surface area (Å²) >= 11 is 0. The molecule has 0 bridgehead atoms. The van der Waals surface area contributed by atoms with E-state index in [9.17, 15) is 31.5 Å². The van der Waals surface area contributed by atoms with Crippen LogP contribution in [-0.4, -0.2) is 30.7 Å². The topological polar surface area (TPSA) is 55.4 Å². The molecule has 1 aliphatic carbocycles. The number of carbonyl (C=O) groups is 2. The zero-order chi connectivity index (χ0) is 24.4. The Bertz CT molecular complexity index is 1040. The Morgan fingerprint density at radius 2 is 1.64 bits per heavy atom. The van der Waals surface area contributed by atoms with Crippen molar-refractivity contribution in [2.75, 3.05) is 7.11 Å². The van der Waals surface area contributed by atoms with Crippen LogP contribution < -0.4 is 5.32 Å². The molecular formula is C24H24F5NO3. The number of halogens is 5. The fraction of sp³-hybridized carbons (Fsp3) is 0.417. The van der Waals surface area contributed by atoms with E-state index in [1.807, 2.05) is 0 Å². The Balaban J connectivity index is 1.78. The average molecular weight is 469 g/mol. The van der Waals surface area contributed by atoms with Crippen molar-refractivity contribution in [3.63, 3.8) is 0 Å². The van der Waals surface area contributed by atoms with Gasteiger partial charge in [-0.05, 0) is 67.0 Å². The number of nitrogens with one attached hydrogen (secondary N) is 1. The molecule has 178 valence electrons. The van der Waals surface area contributed by atoms with Gasteiger partial charge in [-0.2, -0.15) is 13.2 Å². The molecule has 0 unspecified atom stereocenters. The molecule has 0 aromatic heterocycles. The summed E-state index contributed by atoms with van der Waals surface area (Å²) in [5.74, 6) is -4.82. The van der Waals surface area contributed by atoms with Gasteiger partial charge in [0, 0.05) is 0 Å². The van der Waals surface area contributed by atoms with E-state index in [4.69, 9.17) is 4.74 Å². The summed E-state index contributed by atoms with van der Waals surface area (Å²) in [5, 5.41) is 2.62. The molecule has 0 heterocycles. The highest BCUT2D eigenvalue weighted by Crippen LogP contribution is 2.41. The maximum absolute atomic E-state index is 13.6. The second-order valence-corrected chi connectivity index (χ2v) is 8.38. The van der Waals surface area contributed by atoms with Crippen molar-refractivity contribution in [2.45, 2.75) is 50.7 Å². The molecule has 1 fully saturated rings. The Kier molecular flexibility index (Phi) is 7.09. The van der Waals surface area contributed by atoms with Gasteiger partial charge in [-0.25, -0.2) is 13.6 Å². The van der Waals surface area contributed by atoms with Crippen molar-refractivity contribution in [3.8, 4) is 11.1 Å². The molecule has 2 aromatic rings. The minimum Gasteiger partial charge on any atom is -0.467 e. The van der Waals surface area contributed by atoms with Gasteiger partial charge < -0.3 is 10.1 Å². The Morgan fingerprint density at radius 1 is 1.03 bits per heavy atom. The van der Waals surface area contributed by atoms with E-state index in [-0.39, 0.29) is 32.1 Å². The van der Waals surface area contributed by atoms with Gasteiger partial charge in [-0.1, -0.05) is 24.3 Å². The Morgan fingerprint density at radius 3 is 2.21 bits per heavy atom. The van der Waals surface area contributed by atoms with Crippen molar-refractivity contribution in [3.05, 3.63) is 59.2 Å². The van der Waals surface area contributed by atoms with E-state index in [1.165, 1.54) is 6.07 Å². The number of rotatable bonds is 5. The lowest BCUT2D eigenvalue weighted by Gasteiger charge is -2.38. The van der Waals surface area contributed by atoms with E-state index < -0.39 is 41.1 Å². The number of ether oxygens (including phenoxy) is 1. The predicted molar refractivity (Wildman–Crippen MR) is 111 cm³/mol. The standard InChI is InChI=1S/C24H24F5NO3/c1-14-3-4-15(16-5-6-19(25)20(26)12-16)11-17(14)13-21(31)30-23(22(32)33-2)9-7-18(8-10-23)24(27,28)29/h3-6,11-12,18H,7-10,13H2,1-2H3,(H,30,31). The van der Waals surface area contributed by atoms with Crippen LogP contribution in [0.3, 0.4) is 0 Å². The summed E-state index contributed by atoms with van der Waals surface area (Å²) in [6.45, 7) is 1.77. The van der Waals surface area contributed by atoms with Gasteiger partial charge in [0.2, 0.25) is 5.91 Å². The van der Waals surface area contributed by atoms with E-state index in [0.717, 1.165) is 24.8 Å². The molecule has 9 heteroatoms. The largest absolute Gasteiger partial charge is 0.467 e. The lowest BCUT2D eigenvalue weighted by molar-refractivity contribution is -0.188. The van der Waals surface area contributed by atoms with Crippen LogP contribution in [0.4, 0.5) is 22.0 Å². The number of carbonyl (C=O) groups excluding carboxylic acids is 2. The zero-order valence-corrected chi connectivity index (χ0v) is 18.2. The number of hydrogen-bond donors (Lipinski definition) is 1. The van der Waals surface area contributed by atoms with Gasteiger partial charge in [-0.3, -0.25) is 4.79 Å². The second kappa shape index (κ2) is 9.49. The first kappa shape index (κ1) is 24.7. The SMILES string of the molecule is COC(=O)C1(NC(=O)Cc2cc(-c3ccc(F)c(F)c3)ccc2C)CCC(C(F)(F)F)CC1. The molecule has 1 amide bonds. The summed E-state index contributed by atoms with van der Waals surface area (Å²) in [4.78, 5) is 25.2. The quantitative estimate of drug-likeness (QED) is 0.480. The number of hydrogen-bond acceptors (Lipinski definition) is 3. The second-order valence-electron chi connectivity index (χ2n) is 8.38. The molecule has 1 aliphatic rings. The highest BCUT2D eigenvalue weighted by atomic mass is 19.4. The van der Waals surface area contributed by atoms with Gasteiger partial charge in [-0.15, -0.1) is 0 Å². The molecule has 33 heavy (non-hydrogen) atoms. The van der Waals surface area contributed by atoms with Crippen molar-refractivity contribution < 1.29 is 36.3 Å². The molecular weight excluding hydrogens is 445 g/mol. The summed E-state index contributed by atoms with van der Waals surface area (Å²) < 4.78 is 70.8. The van der Waals surface area contributed by atoms with E-state index >= 15 is 0 Å². The molecule has 0 spiro atoms.